The van der Waals surface area contributed by atoms with Crippen LogP contribution < -0.4 is 5.32 Å². The fourth-order valence-electron chi connectivity index (χ4n) is 2.41. The van der Waals surface area contributed by atoms with E-state index in [1.807, 2.05) is 7.05 Å². The summed E-state index contributed by atoms with van der Waals surface area (Å²) in [5.41, 5.74) is 0. The van der Waals surface area contributed by atoms with Gasteiger partial charge in [0.2, 0.25) is 0 Å². The Morgan fingerprint density at radius 3 is 2.44 bits per heavy atom. The standard InChI is InChI=1S/C12H25NO2S/c1-10(2)8-9-16(14,15)12-7-5-4-6-11(12)13-3/h10-13H,4-9H2,1-3H3. The van der Waals surface area contributed by atoms with Gasteiger partial charge in [0.15, 0.2) is 9.84 Å². The predicted octanol–water partition coefficient (Wildman–Crippen LogP) is 1.98. The van der Waals surface area contributed by atoms with E-state index in [1.165, 1.54) is 0 Å². The fourth-order valence-corrected chi connectivity index (χ4v) is 4.81. The molecule has 0 bridgehead atoms. The predicted molar refractivity (Wildman–Crippen MR) is 68.3 cm³/mol. The minimum Gasteiger partial charge on any atom is -0.316 e. The van der Waals surface area contributed by atoms with Crippen molar-refractivity contribution in [1.82, 2.24) is 5.32 Å². The van der Waals surface area contributed by atoms with Crippen LogP contribution in [0.2, 0.25) is 0 Å². The van der Waals surface area contributed by atoms with Gasteiger partial charge in [0.05, 0.1) is 11.0 Å². The maximum atomic E-state index is 12.2. The molecule has 0 aromatic rings. The second kappa shape index (κ2) is 6.01. The van der Waals surface area contributed by atoms with Gasteiger partial charge in [0.25, 0.3) is 0 Å². The Balaban J connectivity index is 2.64. The molecule has 0 radical (unpaired) electrons. The van der Waals surface area contributed by atoms with Gasteiger partial charge in [-0.15, -0.1) is 0 Å². The lowest BCUT2D eigenvalue weighted by Gasteiger charge is -2.31. The largest absolute Gasteiger partial charge is 0.316 e. The maximum absolute atomic E-state index is 12.2. The lowest BCUT2D eigenvalue weighted by molar-refractivity contribution is 0.389. The first-order valence-electron chi connectivity index (χ1n) is 6.36. The van der Waals surface area contributed by atoms with Crippen LogP contribution >= 0.6 is 0 Å². The van der Waals surface area contributed by atoms with E-state index in [0.29, 0.717) is 11.7 Å². The van der Waals surface area contributed by atoms with Crippen LogP contribution in [0.5, 0.6) is 0 Å². The van der Waals surface area contributed by atoms with E-state index in [0.717, 1.165) is 32.1 Å². The third-order valence-electron chi connectivity index (χ3n) is 3.51. The molecule has 0 saturated heterocycles. The molecule has 2 atom stereocenters. The van der Waals surface area contributed by atoms with Crippen LogP contribution in [-0.2, 0) is 9.84 Å². The van der Waals surface area contributed by atoms with Crippen LogP contribution in [-0.4, -0.2) is 32.5 Å². The summed E-state index contributed by atoms with van der Waals surface area (Å²) in [5, 5.41) is 3.02. The molecule has 1 rings (SSSR count). The smallest absolute Gasteiger partial charge is 0.154 e. The van der Waals surface area contributed by atoms with Crippen molar-refractivity contribution < 1.29 is 8.42 Å². The highest BCUT2D eigenvalue weighted by molar-refractivity contribution is 7.92. The molecule has 0 amide bonds. The summed E-state index contributed by atoms with van der Waals surface area (Å²) < 4.78 is 24.4. The highest BCUT2D eigenvalue weighted by atomic mass is 32.2. The Morgan fingerprint density at radius 2 is 1.88 bits per heavy atom. The number of hydrogen-bond acceptors (Lipinski definition) is 3. The SMILES string of the molecule is CNC1CCCCC1S(=O)(=O)CCC(C)C. The summed E-state index contributed by atoms with van der Waals surface area (Å²) in [6.07, 6.45) is 4.84. The number of hydrogen-bond donors (Lipinski definition) is 1. The van der Waals surface area contributed by atoms with Gasteiger partial charge >= 0.3 is 0 Å². The molecule has 2 unspecified atom stereocenters. The van der Waals surface area contributed by atoms with Crippen LogP contribution in [0.15, 0.2) is 0 Å². The topological polar surface area (TPSA) is 46.2 Å². The van der Waals surface area contributed by atoms with Crippen molar-refractivity contribution in [3.05, 3.63) is 0 Å². The Kier molecular flexibility index (Phi) is 5.25. The summed E-state index contributed by atoms with van der Waals surface area (Å²) in [6, 6.07) is 0.172. The van der Waals surface area contributed by atoms with Crippen molar-refractivity contribution in [3.8, 4) is 0 Å². The minimum absolute atomic E-state index is 0.148. The maximum Gasteiger partial charge on any atom is 0.154 e. The van der Waals surface area contributed by atoms with E-state index in [9.17, 15) is 8.42 Å². The van der Waals surface area contributed by atoms with Crippen molar-refractivity contribution in [2.24, 2.45) is 5.92 Å². The summed E-state index contributed by atoms with van der Waals surface area (Å²) in [5.74, 6) is 0.819. The second-order valence-corrected chi connectivity index (χ2v) is 7.61. The minimum atomic E-state index is -2.90. The summed E-state index contributed by atoms with van der Waals surface area (Å²) in [4.78, 5) is 0. The third-order valence-corrected chi connectivity index (χ3v) is 5.81. The molecule has 4 heteroatoms. The molecule has 96 valence electrons. The molecule has 1 aliphatic rings. The van der Waals surface area contributed by atoms with Crippen LogP contribution in [0, 0.1) is 5.92 Å². The first-order chi connectivity index (χ1) is 7.47. The van der Waals surface area contributed by atoms with Gasteiger partial charge in [-0.2, -0.15) is 0 Å². The van der Waals surface area contributed by atoms with E-state index in [-0.39, 0.29) is 11.3 Å². The van der Waals surface area contributed by atoms with Gasteiger partial charge in [-0.3, -0.25) is 0 Å². The number of rotatable bonds is 5. The fraction of sp³-hybridized carbons (Fsp3) is 1.00. The van der Waals surface area contributed by atoms with Crippen LogP contribution in [0.3, 0.4) is 0 Å². The summed E-state index contributed by atoms with van der Waals surface area (Å²) in [6.45, 7) is 4.15. The van der Waals surface area contributed by atoms with E-state index >= 15 is 0 Å². The van der Waals surface area contributed by atoms with Crippen molar-refractivity contribution >= 4 is 9.84 Å². The first-order valence-corrected chi connectivity index (χ1v) is 8.07. The van der Waals surface area contributed by atoms with E-state index in [1.54, 1.807) is 0 Å². The van der Waals surface area contributed by atoms with Crippen LogP contribution in [0.4, 0.5) is 0 Å². The normalized spacial score (nSPS) is 27.2. The van der Waals surface area contributed by atoms with Crippen LogP contribution in [0.25, 0.3) is 0 Å². The van der Waals surface area contributed by atoms with E-state index in [2.05, 4.69) is 19.2 Å². The average molecular weight is 247 g/mol. The van der Waals surface area contributed by atoms with Gasteiger partial charge in [-0.05, 0) is 32.2 Å². The Hall–Kier alpha value is -0.0900. The van der Waals surface area contributed by atoms with Crippen molar-refractivity contribution in [2.45, 2.75) is 57.2 Å². The molecular weight excluding hydrogens is 222 g/mol. The zero-order valence-corrected chi connectivity index (χ0v) is 11.5. The lowest BCUT2D eigenvalue weighted by atomic mass is 9.95. The quantitative estimate of drug-likeness (QED) is 0.808. The molecule has 16 heavy (non-hydrogen) atoms. The molecule has 0 spiro atoms. The molecule has 1 aliphatic carbocycles. The average Bonchev–Trinajstić information content (AvgIpc) is 2.26. The first kappa shape index (κ1) is 14.0. The van der Waals surface area contributed by atoms with E-state index < -0.39 is 9.84 Å². The molecule has 0 heterocycles. The highest BCUT2D eigenvalue weighted by Gasteiger charge is 2.34. The van der Waals surface area contributed by atoms with E-state index in [4.69, 9.17) is 0 Å². The Morgan fingerprint density at radius 1 is 1.25 bits per heavy atom. The Labute approximate surface area is 99.9 Å². The molecule has 3 nitrogen and oxygen atoms in total. The van der Waals surface area contributed by atoms with Crippen molar-refractivity contribution in [2.75, 3.05) is 12.8 Å². The van der Waals surface area contributed by atoms with Crippen LogP contribution in [0.1, 0.15) is 46.0 Å². The second-order valence-electron chi connectivity index (χ2n) is 5.27. The monoisotopic (exact) mass is 247 g/mol. The number of nitrogens with one attached hydrogen (secondary N) is 1. The molecule has 0 aromatic heterocycles. The van der Waals surface area contributed by atoms with Gasteiger partial charge < -0.3 is 5.32 Å². The molecule has 1 fully saturated rings. The molecular formula is C12H25NO2S. The van der Waals surface area contributed by atoms with Crippen molar-refractivity contribution in [3.63, 3.8) is 0 Å². The Bertz CT molecular complexity index is 298. The summed E-state index contributed by atoms with van der Waals surface area (Å²) >= 11 is 0. The molecule has 0 aromatic carbocycles. The van der Waals surface area contributed by atoms with Gasteiger partial charge in [-0.25, -0.2) is 8.42 Å². The van der Waals surface area contributed by atoms with Gasteiger partial charge in [-0.1, -0.05) is 26.7 Å². The van der Waals surface area contributed by atoms with Gasteiger partial charge in [0, 0.05) is 6.04 Å². The summed E-state index contributed by atoms with van der Waals surface area (Å²) in [7, 11) is -1.03. The molecule has 1 saturated carbocycles. The van der Waals surface area contributed by atoms with Gasteiger partial charge in [0.1, 0.15) is 0 Å². The number of sulfone groups is 1. The highest BCUT2D eigenvalue weighted by Crippen LogP contribution is 2.25. The third kappa shape index (κ3) is 3.74. The van der Waals surface area contributed by atoms with Crippen molar-refractivity contribution in [1.29, 1.82) is 0 Å². The molecule has 0 aliphatic heterocycles. The zero-order chi connectivity index (χ0) is 12.2. The lowest BCUT2D eigenvalue weighted by Crippen LogP contribution is -2.45. The molecule has 1 N–H and O–H groups in total. The zero-order valence-electron chi connectivity index (χ0n) is 10.7.